The molecule has 1 aliphatic carbocycles. The van der Waals surface area contributed by atoms with Crippen molar-refractivity contribution in [2.45, 2.75) is 45.7 Å². The fraction of sp³-hybridized carbons (Fsp3) is 0.647. The molecule has 0 saturated heterocycles. The van der Waals surface area contributed by atoms with E-state index in [1.165, 1.54) is 30.5 Å². The summed E-state index contributed by atoms with van der Waals surface area (Å²) in [4.78, 5) is 2.63. The molecule has 19 heavy (non-hydrogen) atoms. The van der Waals surface area contributed by atoms with E-state index in [9.17, 15) is 0 Å². The number of nitrogens with one attached hydrogen (secondary N) is 1. The molecule has 0 bridgehead atoms. The Balaban J connectivity index is 2.02. The van der Waals surface area contributed by atoms with Gasteiger partial charge in [-0.15, -0.1) is 0 Å². The molecule has 0 spiro atoms. The molecule has 0 radical (unpaired) electrons. The molecule has 0 amide bonds. The number of hydrogen-bond donors (Lipinski definition) is 1. The summed E-state index contributed by atoms with van der Waals surface area (Å²) in [6.45, 7) is 8.07. The molecule has 1 aromatic rings. The van der Waals surface area contributed by atoms with Crippen LogP contribution in [0.1, 0.15) is 37.8 Å². The maximum Gasteiger partial charge on any atom is 0.0239 e. The van der Waals surface area contributed by atoms with E-state index >= 15 is 0 Å². The van der Waals surface area contributed by atoms with Gasteiger partial charge in [0.15, 0.2) is 0 Å². The van der Waals surface area contributed by atoms with E-state index < -0.39 is 0 Å². The molecule has 0 atom stereocenters. The Morgan fingerprint density at radius 2 is 1.89 bits per heavy atom. The average Bonchev–Trinajstić information content (AvgIpc) is 3.20. The molecule has 1 aliphatic rings. The molecule has 1 N–H and O–H groups in total. The Kier molecular flexibility index (Phi) is 5.41. The molecule has 0 heterocycles. The molecule has 1 saturated carbocycles. The summed E-state index contributed by atoms with van der Waals surface area (Å²) >= 11 is 0. The molecule has 0 aromatic heterocycles. The van der Waals surface area contributed by atoms with Crippen molar-refractivity contribution in [3.8, 4) is 0 Å². The predicted octanol–water partition coefficient (Wildman–Crippen LogP) is 3.07. The largest absolute Gasteiger partial charge is 0.319 e. The van der Waals surface area contributed by atoms with Gasteiger partial charge in [0.2, 0.25) is 0 Å². The van der Waals surface area contributed by atoms with Crippen LogP contribution in [0, 0.1) is 5.92 Å². The summed E-state index contributed by atoms with van der Waals surface area (Å²) in [5, 5.41) is 3.25. The lowest BCUT2D eigenvalue weighted by atomic mass is 10.0. The topological polar surface area (TPSA) is 15.3 Å². The molecule has 2 rings (SSSR count). The van der Waals surface area contributed by atoms with Crippen molar-refractivity contribution >= 4 is 0 Å². The second-order valence-corrected chi connectivity index (χ2v) is 6.09. The lowest BCUT2D eigenvalue weighted by Crippen LogP contribution is -2.32. The van der Waals surface area contributed by atoms with Crippen LogP contribution < -0.4 is 5.32 Å². The average molecular weight is 260 g/mol. The van der Waals surface area contributed by atoms with Crippen molar-refractivity contribution in [3.05, 3.63) is 35.4 Å². The lowest BCUT2D eigenvalue weighted by Gasteiger charge is -2.27. The van der Waals surface area contributed by atoms with E-state index in [4.69, 9.17) is 0 Å². The number of rotatable bonds is 8. The van der Waals surface area contributed by atoms with Gasteiger partial charge in [-0.2, -0.15) is 0 Å². The minimum atomic E-state index is 0.637. The third-order valence-corrected chi connectivity index (χ3v) is 4.06. The van der Waals surface area contributed by atoms with E-state index in [0.717, 1.165) is 25.4 Å². The monoisotopic (exact) mass is 260 g/mol. The highest BCUT2D eigenvalue weighted by atomic mass is 15.1. The van der Waals surface area contributed by atoms with Crippen LogP contribution in [0.25, 0.3) is 0 Å². The molecule has 0 aliphatic heterocycles. The van der Waals surface area contributed by atoms with Gasteiger partial charge in [-0.05, 0) is 63.7 Å². The molecule has 1 fully saturated rings. The van der Waals surface area contributed by atoms with Gasteiger partial charge < -0.3 is 5.32 Å². The van der Waals surface area contributed by atoms with E-state index in [-0.39, 0.29) is 0 Å². The molecule has 106 valence electrons. The van der Waals surface area contributed by atoms with Gasteiger partial charge in [0.25, 0.3) is 0 Å². The zero-order valence-electron chi connectivity index (χ0n) is 12.7. The second-order valence-electron chi connectivity index (χ2n) is 6.09. The van der Waals surface area contributed by atoms with Gasteiger partial charge in [-0.3, -0.25) is 4.90 Å². The summed E-state index contributed by atoms with van der Waals surface area (Å²) in [5.41, 5.74) is 3.00. The Bertz CT molecular complexity index is 383. The molecule has 2 nitrogen and oxygen atoms in total. The van der Waals surface area contributed by atoms with Crippen molar-refractivity contribution in [1.29, 1.82) is 0 Å². The van der Waals surface area contributed by atoms with Crippen molar-refractivity contribution in [2.24, 2.45) is 5.92 Å². The zero-order valence-corrected chi connectivity index (χ0v) is 12.7. The van der Waals surface area contributed by atoms with Crippen LogP contribution in [0.15, 0.2) is 24.3 Å². The normalized spacial score (nSPS) is 15.4. The van der Waals surface area contributed by atoms with Gasteiger partial charge >= 0.3 is 0 Å². The predicted molar refractivity (Wildman–Crippen MR) is 82.3 cm³/mol. The SMILES string of the molecule is CNCCc1ccccc1CN(CC1CC1)C(C)C. The van der Waals surface area contributed by atoms with E-state index in [1.54, 1.807) is 0 Å². The minimum absolute atomic E-state index is 0.637. The van der Waals surface area contributed by atoms with E-state index in [1.807, 2.05) is 7.05 Å². The summed E-state index contributed by atoms with van der Waals surface area (Å²) in [5.74, 6) is 0.965. The standard InChI is InChI=1S/C17H28N2/c1-14(2)19(12-15-8-9-15)13-17-7-5-4-6-16(17)10-11-18-3/h4-7,14-15,18H,8-13H2,1-3H3. The quantitative estimate of drug-likeness (QED) is 0.773. The van der Waals surface area contributed by atoms with Crippen LogP contribution >= 0.6 is 0 Å². The summed E-state index contributed by atoms with van der Waals surface area (Å²) in [7, 11) is 2.02. The van der Waals surface area contributed by atoms with Gasteiger partial charge in [0.05, 0.1) is 0 Å². The third kappa shape index (κ3) is 4.63. The van der Waals surface area contributed by atoms with Crippen molar-refractivity contribution in [2.75, 3.05) is 20.1 Å². The second kappa shape index (κ2) is 7.06. The van der Waals surface area contributed by atoms with E-state index in [2.05, 4.69) is 48.3 Å². The Hall–Kier alpha value is -0.860. The van der Waals surface area contributed by atoms with Crippen LogP contribution in [0.2, 0.25) is 0 Å². The minimum Gasteiger partial charge on any atom is -0.319 e. The first-order valence-corrected chi connectivity index (χ1v) is 7.66. The molecule has 2 heteroatoms. The van der Waals surface area contributed by atoms with Gasteiger partial charge in [-0.1, -0.05) is 24.3 Å². The summed E-state index contributed by atoms with van der Waals surface area (Å²) < 4.78 is 0. The summed E-state index contributed by atoms with van der Waals surface area (Å²) in [6, 6.07) is 9.55. The first-order chi connectivity index (χ1) is 9.20. The first-order valence-electron chi connectivity index (χ1n) is 7.66. The fourth-order valence-electron chi connectivity index (χ4n) is 2.52. The Labute approximate surface area is 118 Å². The number of hydrogen-bond acceptors (Lipinski definition) is 2. The highest BCUT2D eigenvalue weighted by Gasteiger charge is 2.25. The molecule has 0 unspecified atom stereocenters. The van der Waals surface area contributed by atoms with Gasteiger partial charge in [0, 0.05) is 19.1 Å². The van der Waals surface area contributed by atoms with Gasteiger partial charge in [-0.25, -0.2) is 0 Å². The first kappa shape index (κ1) is 14.5. The smallest absolute Gasteiger partial charge is 0.0239 e. The van der Waals surface area contributed by atoms with Crippen molar-refractivity contribution < 1.29 is 0 Å². The third-order valence-electron chi connectivity index (χ3n) is 4.06. The maximum absolute atomic E-state index is 3.25. The Morgan fingerprint density at radius 3 is 2.47 bits per heavy atom. The fourth-order valence-corrected chi connectivity index (χ4v) is 2.52. The van der Waals surface area contributed by atoms with Crippen LogP contribution in [0.3, 0.4) is 0 Å². The maximum atomic E-state index is 3.25. The van der Waals surface area contributed by atoms with Crippen LogP contribution in [0.5, 0.6) is 0 Å². The highest BCUT2D eigenvalue weighted by Crippen LogP contribution is 2.31. The lowest BCUT2D eigenvalue weighted by molar-refractivity contribution is 0.203. The molecule has 1 aromatic carbocycles. The van der Waals surface area contributed by atoms with Crippen molar-refractivity contribution in [1.82, 2.24) is 10.2 Å². The number of benzene rings is 1. The van der Waals surface area contributed by atoms with E-state index in [0.29, 0.717) is 6.04 Å². The van der Waals surface area contributed by atoms with Gasteiger partial charge in [0.1, 0.15) is 0 Å². The van der Waals surface area contributed by atoms with Crippen LogP contribution in [0.4, 0.5) is 0 Å². The molecular formula is C17H28N2. The van der Waals surface area contributed by atoms with Crippen molar-refractivity contribution in [3.63, 3.8) is 0 Å². The Morgan fingerprint density at radius 1 is 1.21 bits per heavy atom. The number of likely N-dealkylation sites (N-methyl/N-ethyl adjacent to an activating group) is 1. The number of nitrogens with zero attached hydrogens (tertiary/aromatic N) is 1. The van der Waals surface area contributed by atoms with Crippen LogP contribution in [-0.2, 0) is 13.0 Å². The highest BCUT2D eigenvalue weighted by molar-refractivity contribution is 5.27. The van der Waals surface area contributed by atoms with Crippen LogP contribution in [-0.4, -0.2) is 31.1 Å². The molecular weight excluding hydrogens is 232 g/mol. The summed E-state index contributed by atoms with van der Waals surface area (Å²) in [6.07, 6.45) is 4.00. The zero-order chi connectivity index (χ0) is 13.7.